The molecule has 192 valence electrons. The lowest BCUT2D eigenvalue weighted by Crippen LogP contribution is -2.15. The first-order valence-electron chi connectivity index (χ1n) is 11.6. The third-order valence-corrected chi connectivity index (χ3v) is 7.67. The quantitative estimate of drug-likeness (QED) is 0.157. The van der Waals surface area contributed by atoms with E-state index in [-0.39, 0.29) is 23.7 Å². The molecule has 0 radical (unpaired) electrons. The number of allylic oxidation sites excluding steroid dienone is 1. The van der Waals surface area contributed by atoms with Gasteiger partial charge in [0.2, 0.25) is 5.91 Å². The third kappa shape index (κ3) is 7.30. The van der Waals surface area contributed by atoms with Gasteiger partial charge in [0.05, 0.1) is 11.4 Å². The molecule has 0 fully saturated rings. The number of benzene rings is 2. The molecule has 0 bridgehead atoms. The van der Waals surface area contributed by atoms with Gasteiger partial charge in [0.15, 0.2) is 16.1 Å². The van der Waals surface area contributed by atoms with Crippen molar-refractivity contribution < 1.29 is 9.53 Å². The molecule has 1 N–H and O–H groups in total. The minimum Gasteiger partial charge on any atom is -0.486 e. The Morgan fingerprint density at radius 2 is 1.89 bits per heavy atom. The molecule has 10 heteroatoms. The van der Waals surface area contributed by atoms with E-state index in [0.29, 0.717) is 22.7 Å². The summed E-state index contributed by atoms with van der Waals surface area (Å²) in [6, 6.07) is 16.0. The first-order valence-corrected chi connectivity index (χ1v) is 14.3. The molecule has 0 aliphatic carbocycles. The summed E-state index contributed by atoms with van der Waals surface area (Å²) in [6.45, 7) is 11.2. The number of thiazole rings is 1. The highest BCUT2D eigenvalue weighted by molar-refractivity contribution is 9.10. The number of ether oxygens (including phenoxy) is 1. The van der Waals surface area contributed by atoms with Crippen LogP contribution in [0.1, 0.15) is 32.2 Å². The Hall–Kier alpha value is -2.95. The number of carbonyl (C=O) groups is 1. The first-order chi connectivity index (χ1) is 17.7. The van der Waals surface area contributed by atoms with Crippen molar-refractivity contribution in [3.63, 3.8) is 0 Å². The predicted molar refractivity (Wildman–Crippen MR) is 154 cm³/mol. The lowest BCUT2D eigenvalue weighted by molar-refractivity contribution is -0.113. The molecule has 0 spiro atoms. The van der Waals surface area contributed by atoms with Crippen LogP contribution in [0, 0.1) is 0 Å². The molecule has 2 aromatic heterocycles. The summed E-state index contributed by atoms with van der Waals surface area (Å²) >= 11 is 6.14. The summed E-state index contributed by atoms with van der Waals surface area (Å²) in [7, 11) is 0. The first kappa shape index (κ1) is 27.1. The van der Waals surface area contributed by atoms with Crippen molar-refractivity contribution in [2.75, 3.05) is 11.1 Å². The second-order valence-electron chi connectivity index (χ2n) is 9.24. The SMILES string of the molecule is C=CCn1c(COc2ccc(C(C)(C)C)cc2)nnc1SCC(=O)Nc1nc(-c2ccc(Br)cc2)cs1. The van der Waals surface area contributed by atoms with Crippen molar-refractivity contribution in [3.05, 3.63) is 82.4 Å². The number of carbonyl (C=O) groups excluding carboxylic acids is 1. The van der Waals surface area contributed by atoms with Crippen LogP contribution in [0.5, 0.6) is 5.75 Å². The molecule has 2 aromatic carbocycles. The molecule has 4 rings (SSSR count). The van der Waals surface area contributed by atoms with Gasteiger partial charge in [-0.2, -0.15) is 0 Å². The monoisotopic (exact) mass is 597 g/mol. The van der Waals surface area contributed by atoms with Gasteiger partial charge in [0.25, 0.3) is 0 Å². The average Bonchev–Trinajstić information content (AvgIpc) is 3.49. The van der Waals surface area contributed by atoms with E-state index in [2.05, 4.69) is 75.9 Å². The zero-order valence-electron chi connectivity index (χ0n) is 20.9. The summed E-state index contributed by atoms with van der Waals surface area (Å²) in [4.78, 5) is 17.1. The van der Waals surface area contributed by atoms with Crippen LogP contribution in [0.15, 0.2) is 76.2 Å². The minimum absolute atomic E-state index is 0.0858. The number of anilines is 1. The van der Waals surface area contributed by atoms with Crippen molar-refractivity contribution in [3.8, 4) is 17.0 Å². The summed E-state index contributed by atoms with van der Waals surface area (Å²) < 4.78 is 8.87. The Balaban J connectivity index is 1.34. The van der Waals surface area contributed by atoms with E-state index in [1.54, 1.807) is 6.08 Å². The Labute approximate surface area is 233 Å². The topological polar surface area (TPSA) is 81.9 Å². The largest absolute Gasteiger partial charge is 0.486 e. The predicted octanol–water partition coefficient (Wildman–Crippen LogP) is 6.96. The van der Waals surface area contributed by atoms with Crippen LogP contribution >= 0.6 is 39.0 Å². The van der Waals surface area contributed by atoms with Crippen LogP contribution in [-0.2, 0) is 23.4 Å². The van der Waals surface area contributed by atoms with E-state index < -0.39 is 0 Å². The van der Waals surface area contributed by atoms with Gasteiger partial charge in [-0.25, -0.2) is 4.98 Å². The van der Waals surface area contributed by atoms with Gasteiger partial charge < -0.3 is 10.1 Å². The van der Waals surface area contributed by atoms with E-state index >= 15 is 0 Å². The third-order valence-electron chi connectivity index (χ3n) is 5.42. The van der Waals surface area contributed by atoms with Crippen LogP contribution in [0.2, 0.25) is 0 Å². The Bertz CT molecular complexity index is 1360. The molecule has 0 aliphatic heterocycles. The fourth-order valence-corrected chi connectivity index (χ4v) is 5.18. The highest BCUT2D eigenvalue weighted by Gasteiger charge is 2.16. The van der Waals surface area contributed by atoms with Crippen LogP contribution in [-0.4, -0.2) is 31.4 Å². The lowest BCUT2D eigenvalue weighted by Gasteiger charge is -2.19. The molecule has 4 aromatic rings. The molecular formula is C27H28BrN5O2S2. The zero-order chi connectivity index (χ0) is 26.4. The molecule has 0 aliphatic rings. The van der Waals surface area contributed by atoms with E-state index in [1.165, 1.54) is 28.7 Å². The maximum absolute atomic E-state index is 12.6. The number of aromatic nitrogens is 4. The van der Waals surface area contributed by atoms with Crippen molar-refractivity contribution in [2.45, 2.75) is 44.5 Å². The fraction of sp³-hybridized carbons (Fsp3) is 0.259. The maximum atomic E-state index is 12.6. The Kier molecular flexibility index (Phi) is 8.83. The van der Waals surface area contributed by atoms with Crippen molar-refractivity contribution in [1.29, 1.82) is 0 Å². The molecule has 0 unspecified atom stereocenters. The van der Waals surface area contributed by atoms with Crippen molar-refractivity contribution in [2.24, 2.45) is 0 Å². The maximum Gasteiger partial charge on any atom is 0.236 e. The van der Waals surface area contributed by atoms with E-state index in [4.69, 9.17) is 4.74 Å². The normalized spacial score (nSPS) is 11.4. The van der Waals surface area contributed by atoms with Gasteiger partial charge >= 0.3 is 0 Å². The molecule has 0 saturated carbocycles. The second-order valence-corrected chi connectivity index (χ2v) is 12.0. The highest BCUT2D eigenvalue weighted by atomic mass is 79.9. The number of nitrogens with one attached hydrogen (secondary N) is 1. The van der Waals surface area contributed by atoms with E-state index in [0.717, 1.165) is 21.5 Å². The van der Waals surface area contributed by atoms with Crippen LogP contribution in [0.3, 0.4) is 0 Å². The number of amides is 1. The Morgan fingerprint density at radius 3 is 2.57 bits per heavy atom. The Morgan fingerprint density at radius 1 is 1.16 bits per heavy atom. The van der Waals surface area contributed by atoms with Gasteiger partial charge in [-0.05, 0) is 35.2 Å². The average molecular weight is 599 g/mol. The van der Waals surface area contributed by atoms with Gasteiger partial charge in [0.1, 0.15) is 12.4 Å². The van der Waals surface area contributed by atoms with Gasteiger partial charge in [-0.3, -0.25) is 9.36 Å². The molecular weight excluding hydrogens is 570 g/mol. The number of rotatable bonds is 10. The molecule has 0 atom stereocenters. The molecule has 0 saturated heterocycles. The highest BCUT2D eigenvalue weighted by Crippen LogP contribution is 2.27. The van der Waals surface area contributed by atoms with Crippen molar-refractivity contribution >= 4 is 50.1 Å². The number of halogens is 1. The minimum atomic E-state index is -0.161. The lowest BCUT2D eigenvalue weighted by atomic mass is 9.87. The molecule has 7 nitrogen and oxygen atoms in total. The number of hydrogen-bond acceptors (Lipinski definition) is 7. The van der Waals surface area contributed by atoms with E-state index in [1.807, 2.05) is 46.3 Å². The van der Waals surface area contributed by atoms with E-state index in [9.17, 15) is 4.79 Å². The summed E-state index contributed by atoms with van der Waals surface area (Å²) in [5.74, 6) is 1.45. The van der Waals surface area contributed by atoms with Gasteiger partial charge in [-0.1, -0.05) is 78.8 Å². The fourth-order valence-electron chi connectivity index (χ4n) is 3.41. The van der Waals surface area contributed by atoms with Crippen LogP contribution in [0.25, 0.3) is 11.3 Å². The van der Waals surface area contributed by atoms with Gasteiger partial charge in [0, 0.05) is 22.0 Å². The molecule has 1 amide bonds. The number of thioether (sulfide) groups is 1. The summed E-state index contributed by atoms with van der Waals surface area (Å²) in [6.07, 6.45) is 1.77. The molecule has 37 heavy (non-hydrogen) atoms. The van der Waals surface area contributed by atoms with Crippen LogP contribution in [0.4, 0.5) is 5.13 Å². The number of hydrogen-bond donors (Lipinski definition) is 1. The molecule has 2 heterocycles. The second kappa shape index (κ2) is 12.1. The number of nitrogens with zero attached hydrogens (tertiary/aromatic N) is 4. The van der Waals surface area contributed by atoms with Gasteiger partial charge in [-0.15, -0.1) is 28.1 Å². The summed E-state index contributed by atoms with van der Waals surface area (Å²) in [5.41, 5.74) is 3.15. The zero-order valence-corrected chi connectivity index (χ0v) is 24.1. The summed E-state index contributed by atoms with van der Waals surface area (Å²) in [5, 5.41) is 14.5. The van der Waals surface area contributed by atoms with Crippen LogP contribution < -0.4 is 10.1 Å². The standard InChI is InChI=1S/C27H28BrN5O2S2/c1-5-14-33-23(15-35-21-12-8-19(9-13-21)27(2,3)4)31-32-26(33)37-17-24(34)30-25-29-22(16-36-25)18-6-10-20(28)11-7-18/h5-13,16H,1,14-15,17H2,2-4H3,(H,29,30,34). The smallest absolute Gasteiger partial charge is 0.236 e. The van der Waals surface area contributed by atoms with Crippen molar-refractivity contribution in [1.82, 2.24) is 19.7 Å².